The Morgan fingerprint density at radius 2 is 1.96 bits per heavy atom. The van der Waals surface area contributed by atoms with Crippen LogP contribution >= 0.6 is 0 Å². The maximum absolute atomic E-state index is 12.6. The molecule has 1 amide bonds. The van der Waals surface area contributed by atoms with Gasteiger partial charge in [-0.05, 0) is 49.6 Å². The molecule has 0 unspecified atom stereocenters. The molecule has 0 radical (unpaired) electrons. The molecule has 3 aromatic rings. The number of nitrogens with one attached hydrogen (secondary N) is 2. The summed E-state index contributed by atoms with van der Waals surface area (Å²) in [5.41, 5.74) is 4.41. The SMILES string of the molecule is Cc1ccccc1[C@H]1C[C@H]1NC(=O)c1cccc(-n2c(C)c[nH]c2=O)c1. The minimum Gasteiger partial charge on any atom is -0.349 e. The molecule has 26 heavy (non-hydrogen) atoms. The zero-order valence-corrected chi connectivity index (χ0v) is 14.8. The Balaban J connectivity index is 1.51. The van der Waals surface area contributed by atoms with E-state index in [-0.39, 0.29) is 17.6 Å². The van der Waals surface area contributed by atoms with Gasteiger partial charge in [-0.2, -0.15) is 0 Å². The van der Waals surface area contributed by atoms with Crippen LogP contribution in [0.25, 0.3) is 5.69 Å². The summed E-state index contributed by atoms with van der Waals surface area (Å²) in [6.07, 6.45) is 2.62. The predicted octanol–water partition coefficient (Wildman–Crippen LogP) is 3.07. The lowest BCUT2D eigenvalue weighted by Crippen LogP contribution is -2.27. The van der Waals surface area contributed by atoms with Gasteiger partial charge in [0.15, 0.2) is 0 Å². The zero-order valence-electron chi connectivity index (χ0n) is 14.8. The molecule has 1 aromatic heterocycles. The van der Waals surface area contributed by atoms with Crippen molar-refractivity contribution in [2.45, 2.75) is 32.2 Å². The molecule has 1 aliphatic carbocycles. The maximum Gasteiger partial charge on any atom is 0.330 e. The molecule has 132 valence electrons. The minimum absolute atomic E-state index is 0.103. The van der Waals surface area contributed by atoms with Crippen LogP contribution in [-0.2, 0) is 0 Å². The number of nitrogens with zero attached hydrogens (tertiary/aromatic N) is 1. The summed E-state index contributed by atoms with van der Waals surface area (Å²) >= 11 is 0. The van der Waals surface area contributed by atoms with E-state index in [9.17, 15) is 9.59 Å². The van der Waals surface area contributed by atoms with Gasteiger partial charge in [0, 0.05) is 29.4 Å². The van der Waals surface area contributed by atoms with Gasteiger partial charge in [0.1, 0.15) is 0 Å². The van der Waals surface area contributed by atoms with Crippen molar-refractivity contribution in [3.05, 3.63) is 87.6 Å². The summed E-state index contributed by atoms with van der Waals surface area (Å²) in [7, 11) is 0. The van der Waals surface area contributed by atoms with E-state index in [0.29, 0.717) is 17.2 Å². The van der Waals surface area contributed by atoms with E-state index in [2.05, 4.69) is 29.4 Å². The Kier molecular flexibility index (Phi) is 3.99. The maximum atomic E-state index is 12.6. The van der Waals surface area contributed by atoms with Crippen LogP contribution in [0.1, 0.15) is 39.5 Å². The topological polar surface area (TPSA) is 66.9 Å². The van der Waals surface area contributed by atoms with Crippen molar-refractivity contribution in [2.24, 2.45) is 0 Å². The lowest BCUT2D eigenvalue weighted by atomic mass is 10.0. The first-order valence-corrected chi connectivity index (χ1v) is 8.78. The number of amides is 1. The molecule has 0 spiro atoms. The number of rotatable bonds is 4. The Morgan fingerprint density at radius 3 is 2.69 bits per heavy atom. The van der Waals surface area contributed by atoms with Crippen LogP contribution in [0.2, 0.25) is 0 Å². The van der Waals surface area contributed by atoms with Gasteiger partial charge in [-0.25, -0.2) is 4.79 Å². The second kappa shape index (κ2) is 6.33. The van der Waals surface area contributed by atoms with Crippen LogP contribution in [0.4, 0.5) is 0 Å². The van der Waals surface area contributed by atoms with Crippen molar-refractivity contribution in [1.29, 1.82) is 0 Å². The second-order valence-corrected chi connectivity index (χ2v) is 6.90. The second-order valence-electron chi connectivity index (χ2n) is 6.90. The summed E-state index contributed by atoms with van der Waals surface area (Å²) in [4.78, 5) is 27.3. The van der Waals surface area contributed by atoms with Gasteiger partial charge in [-0.3, -0.25) is 9.36 Å². The van der Waals surface area contributed by atoms with Gasteiger partial charge < -0.3 is 10.3 Å². The van der Waals surface area contributed by atoms with Gasteiger partial charge in [0.05, 0.1) is 5.69 Å². The Morgan fingerprint density at radius 1 is 1.15 bits per heavy atom. The van der Waals surface area contributed by atoms with E-state index in [1.165, 1.54) is 11.1 Å². The number of H-pyrrole nitrogens is 1. The van der Waals surface area contributed by atoms with Crippen LogP contribution in [0.5, 0.6) is 0 Å². The van der Waals surface area contributed by atoms with Crippen molar-refractivity contribution >= 4 is 5.91 Å². The van der Waals surface area contributed by atoms with Gasteiger partial charge in [-0.15, -0.1) is 0 Å². The molecule has 1 aliphatic rings. The highest BCUT2D eigenvalue weighted by Crippen LogP contribution is 2.42. The lowest BCUT2D eigenvalue weighted by molar-refractivity contribution is 0.0950. The van der Waals surface area contributed by atoms with Crippen molar-refractivity contribution in [1.82, 2.24) is 14.9 Å². The highest BCUT2D eigenvalue weighted by molar-refractivity contribution is 5.95. The summed E-state index contributed by atoms with van der Waals surface area (Å²) < 4.78 is 1.56. The highest BCUT2D eigenvalue weighted by Gasteiger charge is 2.40. The van der Waals surface area contributed by atoms with Crippen molar-refractivity contribution in [2.75, 3.05) is 0 Å². The lowest BCUT2D eigenvalue weighted by Gasteiger charge is -2.09. The average Bonchev–Trinajstić information content (AvgIpc) is 3.31. The number of carbonyl (C=O) groups excluding carboxylic acids is 1. The average molecular weight is 347 g/mol. The van der Waals surface area contributed by atoms with E-state index in [0.717, 1.165) is 12.1 Å². The van der Waals surface area contributed by atoms with Gasteiger partial charge in [0.2, 0.25) is 0 Å². The third-order valence-corrected chi connectivity index (χ3v) is 5.02. The molecule has 1 heterocycles. The van der Waals surface area contributed by atoms with Crippen LogP contribution in [0.3, 0.4) is 0 Å². The molecular formula is C21H21N3O2. The molecule has 0 bridgehead atoms. The minimum atomic E-state index is -0.207. The number of benzene rings is 2. The van der Waals surface area contributed by atoms with Crippen LogP contribution in [0, 0.1) is 13.8 Å². The first-order chi connectivity index (χ1) is 12.5. The van der Waals surface area contributed by atoms with Gasteiger partial charge in [0.25, 0.3) is 5.91 Å². The Bertz CT molecular complexity index is 1030. The normalized spacial score (nSPS) is 18.5. The first kappa shape index (κ1) is 16.4. The standard InChI is InChI=1S/C21H21N3O2/c1-13-6-3-4-9-17(13)18-11-19(18)23-20(25)15-7-5-8-16(10-15)24-14(2)12-22-21(24)26/h3-10,12,18-19H,11H2,1-2H3,(H,22,26)(H,23,25)/t18-,19-/m1/s1. The van der Waals surface area contributed by atoms with E-state index in [4.69, 9.17) is 0 Å². The summed E-state index contributed by atoms with van der Waals surface area (Å²) in [5.74, 6) is 0.284. The summed E-state index contributed by atoms with van der Waals surface area (Å²) in [6, 6.07) is 15.6. The van der Waals surface area contributed by atoms with Crippen molar-refractivity contribution in [3.63, 3.8) is 0 Å². The van der Waals surface area contributed by atoms with Crippen molar-refractivity contribution in [3.8, 4) is 5.69 Å². The number of aryl methyl sites for hydroxylation is 2. The molecule has 5 heteroatoms. The largest absolute Gasteiger partial charge is 0.349 e. The quantitative estimate of drug-likeness (QED) is 0.762. The molecule has 2 atom stereocenters. The molecule has 2 aromatic carbocycles. The molecule has 5 nitrogen and oxygen atoms in total. The summed E-state index contributed by atoms with van der Waals surface area (Å²) in [6.45, 7) is 3.95. The molecule has 1 fully saturated rings. The third kappa shape index (κ3) is 2.96. The fourth-order valence-corrected chi connectivity index (χ4v) is 3.52. The van der Waals surface area contributed by atoms with Crippen molar-refractivity contribution < 1.29 is 4.79 Å². The zero-order chi connectivity index (χ0) is 18.3. The number of aromatic amines is 1. The number of imidazole rings is 1. The molecule has 1 saturated carbocycles. The third-order valence-electron chi connectivity index (χ3n) is 5.02. The van der Waals surface area contributed by atoms with E-state index >= 15 is 0 Å². The summed E-state index contributed by atoms with van der Waals surface area (Å²) in [5, 5.41) is 3.11. The number of aromatic nitrogens is 2. The van der Waals surface area contributed by atoms with Gasteiger partial charge in [-0.1, -0.05) is 30.3 Å². The highest BCUT2D eigenvalue weighted by atomic mass is 16.2. The molecule has 0 aliphatic heterocycles. The fraction of sp³-hybridized carbons (Fsp3) is 0.238. The number of hydrogen-bond acceptors (Lipinski definition) is 2. The monoisotopic (exact) mass is 347 g/mol. The van der Waals surface area contributed by atoms with E-state index < -0.39 is 0 Å². The molecular weight excluding hydrogens is 326 g/mol. The molecule has 0 saturated heterocycles. The van der Waals surface area contributed by atoms with E-state index in [1.54, 1.807) is 29.0 Å². The Hall–Kier alpha value is -3.08. The number of hydrogen-bond donors (Lipinski definition) is 2. The van der Waals surface area contributed by atoms with E-state index in [1.807, 2.05) is 25.1 Å². The molecule has 4 rings (SSSR count). The fourth-order valence-electron chi connectivity index (χ4n) is 3.52. The van der Waals surface area contributed by atoms with Crippen LogP contribution < -0.4 is 11.0 Å². The first-order valence-electron chi connectivity index (χ1n) is 8.78. The van der Waals surface area contributed by atoms with Gasteiger partial charge >= 0.3 is 5.69 Å². The van der Waals surface area contributed by atoms with Crippen LogP contribution in [-0.4, -0.2) is 21.5 Å². The predicted molar refractivity (Wildman–Crippen MR) is 101 cm³/mol. The Labute approximate surface area is 151 Å². The number of carbonyl (C=O) groups is 1. The smallest absolute Gasteiger partial charge is 0.330 e. The van der Waals surface area contributed by atoms with Crippen LogP contribution in [0.15, 0.2) is 59.5 Å². The molecule has 2 N–H and O–H groups in total.